The first-order valence-electron chi connectivity index (χ1n) is 5.01. The van der Waals surface area contributed by atoms with Crippen molar-refractivity contribution in [3.8, 4) is 6.07 Å². The lowest BCUT2D eigenvalue weighted by atomic mass is 10.2. The van der Waals surface area contributed by atoms with Gasteiger partial charge in [0.1, 0.15) is 0 Å². The van der Waals surface area contributed by atoms with Crippen molar-refractivity contribution in [2.24, 2.45) is 0 Å². The number of nitrogens with zero attached hydrogens (tertiary/aromatic N) is 2. The summed E-state index contributed by atoms with van der Waals surface area (Å²) in [5.41, 5.74) is 1.19. The number of rotatable bonds is 4. The first-order valence-corrected chi connectivity index (χ1v) is 6.71. The van der Waals surface area contributed by atoms with Crippen LogP contribution in [0.5, 0.6) is 0 Å². The topological polar surface area (TPSA) is 74.0 Å². The zero-order chi connectivity index (χ0) is 13.0. The first kappa shape index (κ1) is 12.6. The van der Waals surface area contributed by atoms with Gasteiger partial charge in [-0.3, -0.25) is 4.79 Å². The Morgan fingerprint density at radius 1 is 1.44 bits per heavy atom. The van der Waals surface area contributed by atoms with Gasteiger partial charge in [0.2, 0.25) is 0 Å². The third-order valence-corrected chi connectivity index (χ3v) is 4.05. The number of benzene rings is 1. The standard InChI is InChI=1S/C12H8N2O2S2/c13-6-8-1-3-10(4-2-8)18-12-14-9(7-17-12)5-11(15)16/h1-4,7H,5H2,(H,15,16). The Morgan fingerprint density at radius 3 is 2.78 bits per heavy atom. The molecule has 0 aliphatic heterocycles. The van der Waals surface area contributed by atoms with Gasteiger partial charge in [-0.2, -0.15) is 5.26 Å². The second kappa shape index (κ2) is 5.67. The highest BCUT2D eigenvalue weighted by Crippen LogP contribution is 2.30. The molecule has 6 heteroatoms. The van der Waals surface area contributed by atoms with E-state index in [0.717, 1.165) is 9.24 Å². The number of thiazole rings is 1. The third kappa shape index (κ3) is 3.32. The lowest BCUT2D eigenvalue weighted by Gasteiger charge is -1.96. The molecule has 0 aliphatic carbocycles. The molecule has 2 aromatic rings. The second-order valence-electron chi connectivity index (χ2n) is 3.41. The molecule has 0 aliphatic rings. The van der Waals surface area contributed by atoms with Gasteiger partial charge in [0.15, 0.2) is 4.34 Å². The molecule has 0 radical (unpaired) electrons. The molecule has 0 atom stereocenters. The zero-order valence-corrected chi connectivity index (χ0v) is 10.8. The maximum absolute atomic E-state index is 10.5. The molecule has 18 heavy (non-hydrogen) atoms. The summed E-state index contributed by atoms with van der Waals surface area (Å²) >= 11 is 2.88. The van der Waals surface area contributed by atoms with Crippen molar-refractivity contribution in [2.45, 2.75) is 15.7 Å². The van der Waals surface area contributed by atoms with Gasteiger partial charge in [0.05, 0.1) is 23.7 Å². The molecular weight excluding hydrogens is 268 g/mol. The Labute approximate surface area is 112 Å². The average molecular weight is 276 g/mol. The number of nitriles is 1. The van der Waals surface area contributed by atoms with Crippen LogP contribution in [0.3, 0.4) is 0 Å². The molecule has 0 fully saturated rings. The lowest BCUT2D eigenvalue weighted by molar-refractivity contribution is -0.136. The molecule has 0 amide bonds. The van der Waals surface area contributed by atoms with Crippen LogP contribution in [0.15, 0.2) is 38.9 Å². The fourth-order valence-corrected chi connectivity index (χ4v) is 3.07. The average Bonchev–Trinajstić information content (AvgIpc) is 2.76. The summed E-state index contributed by atoms with van der Waals surface area (Å²) in [5.74, 6) is -0.879. The SMILES string of the molecule is N#Cc1ccc(Sc2nc(CC(=O)O)cs2)cc1. The molecule has 1 aromatic heterocycles. The third-order valence-electron chi connectivity index (χ3n) is 2.05. The van der Waals surface area contributed by atoms with Crippen LogP contribution >= 0.6 is 23.1 Å². The smallest absolute Gasteiger partial charge is 0.309 e. The van der Waals surface area contributed by atoms with Crippen LogP contribution in [0.25, 0.3) is 0 Å². The summed E-state index contributed by atoms with van der Waals surface area (Å²) in [5, 5.41) is 19.1. The maximum atomic E-state index is 10.5. The number of aliphatic carboxylic acids is 1. The lowest BCUT2D eigenvalue weighted by Crippen LogP contribution is -1.99. The maximum Gasteiger partial charge on any atom is 0.309 e. The number of carboxylic acid groups (broad SMARTS) is 1. The fraction of sp³-hybridized carbons (Fsp3) is 0.0833. The molecule has 0 bridgehead atoms. The Kier molecular flexibility index (Phi) is 3.97. The number of carbonyl (C=O) groups is 1. The summed E-state index contributed by atoms with van der Waals surface area (Å²) in [7, 11) is 0. The Hall–Kier alpha value is -1.84. The van der Waals surface area contributed by atoms with Gasteiger partial charge < -0.3 is 5.11 Å². The van der Waals surface area contributed by atoms with Crippen molar-refractivity contribution in [3.05, 3.63) is 40.9 Å². The van der Waals surface area contributed by atoms with Crippen molar-refractivity contribution in [1.82, 2.24) is 4.98 Å². The van der Waals surface area contributed by atoms with Crippen molar-refractivity contribution in [2.75, 3.05) is 0 Å². The monoisotopic (exact) mass is 276 g/mol. The first-order chi connectivity index (χ1) is 8.67. The molecule has 1 N–H and O–H groups in total. The van der Waals surface area contributed by atoms with Crippen molar-refractivity contribution < 1.29 is 9.90 Å². The van der Waals surface area contributed by atoms with E-state index in [2.05, 4.69) is 11.1 Å². The van der Waals surface area contributed by atoms with Gasteiger partial charge >= 0.3 is 5.97 Å². The van der Waals surface area contributed by atoms with E-state index < -0.39 is 5.97 Å². The van der Waals surface area contributed by atoms with Crippen LogP contribution in [-0.4, -0.2) is 16.1 Å². The van der Waals surface area contributed by atoms with E-state index in [4.69, 9.17) is 10.4 Å². The van der Waals surface area contributed by atoms with Crippen molar-refractivity contribution in [3.63, 3.8) is 0 Å². The Bertz CT molecular complexity index is 599. The molecule has 1 aromatic carbocycles. The molecule has 2 rings (SSSR count). The van der Waals surface area contributed by atoms with Crippen LogP contribution < -0.4 is 0 Å². The van der Waals surface area contributed by atoms with E-state index in [9.17, 15) is 4.79 Å². The van der Waals surface area contributed by atoms with Crippen LogP contribution in [0.1, 0.15) is 11.3 Å². The van der Waals surface area contributed by atoms with Crippen LogP contribution in [-0.2, 0) is 11.2 Å². The summed E-state index contributed by atoms with van der Waals surface area (Å²) < 4.78 is 0.802. The number of hydrogen-bond donors (Lipinski definition) is 1. The largest absolute Gasteiger partial charge is 0.481 e. The molecule has 4 nitrogen and oxygen atoms in total. The second-order valence-corrected chi connectivity index (χ2v) is 5.59. The molecule has 0 saturated heterocycles. The van der Waals surface area contributed by atoms with E-state index in [0.29, 0.717) is 11.3 Å². The summed E-state index contributed by atoms with van der Waals surface area (Å²) in [6.07, 6.45) is -0.0512. The number of hydrogen-bond acceptors (Lipinski definition) is 5. The van der Waals surface area contributed by atoms with Crippen LogP contribution in [0, 0.1) is 11.3 Å². The van der Waals surface area contributed by atoms with Crippen molar-refractivity contribution in [1.29, 1.82) is 5.26 Å². The van der Waals surface area contributed by atoms with Gasteiger partial charge in [-0.25, -0.2) is 4.98 Å². The van der Waals surface area contributed by atoms with Gasteiger partial charge in [0, 0.05) is 10.3 Å². The summed E-state index contributed by atoms with van der Waals surface area (Å²) in [6.45, 7) is 0. The van der Waals surface area contributed by atoms with Gasteiger partial charge in [-0.15, -0.1) is 11.3 Å². The highest BCUT2D eigenvalue weighted by Gasteiger charge is 2.07. The summed E-state index contributed by atoms with van der Waals surface area (Å²) in [4.78, 5) is 15.7. The fourth-order valence-electron chi connectivity index (χ4n) is 1.27. The van der Waals surface area contributed by atoms with Gasteiger partial charge in [0.25, 0.3) is 0 Å². The van der Waals surface area contributed by atoms with E-state index in [-0.39, 0.29) is 6.42 Å². The number of carboxylic acids is 1. The van der Waals surface area contributed by atoms with Crippen LogP contribution in [0.4, 0.5) is 0 Å². The minimum atomic E-state index is -0.879. The highest BCUT2D eigenvalue weighted by atomic mass is 32.2. The molecule has 90 valence electrons. The predicted octanol–water partition coefficient (Wildman–Crippen LogP) is 2.79. The van der Waals surface area contributed by atoms with Gasteiger partial charge in [-0.05, 0) is 24.3 Å². The van der Waals surface area contributed by atoms with E-state index in [1.165, 1.54) is 23.1 Å². The quantitative estimate of drug-likeness (QED) is 0.929. The molecule has 0 saturated carbocycles. The minimum absolute atomic E-state index is 0.0512. The Morgan fingerprint density at radius 2 is 2.17 bits per heavy atom. The minimum Gasteiger partial charge on any atom is -0.481 e. The normalized spacial score (nSPS) is 9.94. The van der Waals surface area contributed by atoms with E-state index >= 15 is 0 Å². The predicted molar refractivity (Wildman–Crippen MR) is 68.7 cm³/mol. The molecular formula is C12H8N2O2S2. The molecule has 1 heterocycles. The van der Waals surface area contributed by atoms with Crippen molar-refractivity contribution >= 4 is 29.1 Å². The van der Waals surface area contributed by atoms with Gasteiger partial charge in [-0.1, -0.05) is 11.8 Å². The molecule has 0 unspecified atom stereocenters. The van der Waals surface area contributed by atoms with E-state index in [1.807, 2.05) is 12.1 Å². The summed E-state index contributed by atoms with van der Waals surface area (Å²) in [6, 6.07) is 9.24. The zero-order valence-electron chi connectivity index (χ0n) is 9.16. The number of aromatic nitrogens is 1. The van der Waals surface area contributed by atoms with Crippen LogP contribution in [0.2, 0.25) is 0 Å². The van der Waals surface area contributed by atoms with E-state index in [1.54, 1.807) is 17.5 Å². The molecule has 0 spiro atoms. The highest BCUT2D eigenvalue weighted by molar-refractivity contribution is 8.01. The Balaban J connectivity index is 2.06.